The van der Waals surface area contributed by atoms with Crippen LogP contribution in [0.2, 0.25) is 0 Å². The normalized spacial score (nSPS) is 9.14. The molecule has 0 rings (SSSR count). The maximum absolute atomic E-state index is 10.9. The van der Waals surface area contributed by atoms with Gasteiger partial charge in [0.25, 0.3) is 0 Å². The molecule has 0 heterocycles. The van der Waals surface area contributed by atoms with Crippen LogP contribution in [0.4, 0.5) is 0 Å². The van der Waals surface area contributed by atoms with E-state index in [2.05, 4.69) is 6.58 Å². The van der Waals surface area contributed by atoms with Crippen molar-refractivity contribution in [3.8, 4) is 5.40 Å². The molecule has 0 aliphatic heterocycles. The Morgan fingerprint density at radius 1 is 1.50 bits per heavy atom. The average Bonchev–Trinajstić information content (AvgIpc) is 2.16. The minimum Gasteiger partial charge on any atom is -0.462 e. The van der Waals surface area contributed by atoms with Gasteiger partial charge in [0, 0.05) is 11.3 Å². The topological polar surface area (TPSA) is 50.1 Å². The van der Waals surface area contributed by atoms with Crippen molar-refractivity contribution in [2.75, 3.05) is 12.4 Å². The zero-order valence-corrected chi connectivity index (χ0v) is 9.23. The van der Waals surface area contributed by atoms with Gasteiger partial charge in [0.2, 0.25) is 0 Å². The largest absolute Gasteiger partial charge is 0.462 e. The molecule has 0 unspecified atom stereocenters. The average molecular weight is 213 g/mol. The van der Waals surface area contributed by atoms with E-state index in [4.69, 9.17) is 10.00 Å². The van der Waals surface area contributed by atoms with Gasteiger partial charge in [0.15, 0.2) is 0 Å². The molecule has 0 aliphatic carbocycles. The lowest BCUT2D eigenvalue weighted by Gasteiger charge is -2.03. The third-order valence-corrected chi connectivity index (χ3v) is 2.16. The lowest BCUT2D eigenvalue weighted by molar-refractivity contribution is -0.139. The molecule has 0 fully saturated rings. The fourth-order valence-electron chi connectivity index (χ4n) is 0.787. The first-order valence-corrected chi connectivity index (χ1v) is 5.50. The Balaban J connectivity index is 3.18. The summed E-state index contributed by atoms with van der Waals surface area (Å²) in [5.74, 6) is 0.529. The van der Waals surface area contributed by atoms with Crippen molar-refractivity contribution in [2.45, 2.75) is 26.2 Å². The van der Waals surface area contributed by atoms with Crippen molar-refractivity contribution in [1.82, 2.24) is 0 Å². The number of carbonyl (C=O) groups is 1. The highest BCUT2D eigenvalue weighted by molar-refractivity contribution is 8.03. The Morgan fingerprint density at radius 3 is 2.79 bits per heavy atom. The van der Waals surface area contributed by atoms with Gasteiger partial charge in [-0.25, -0.2) is 4.79 Å². The first kappa shape index (κ1) is 13.1. The van der Waals surface area contributed by atoms with Crippen LogP contribution in [0.3, 0.4) is 0 Å². The van der Waals surface area contributed by atoms with E-state index in [0.717, 1.165) is 25.0 Å². The molecular formula is C10H15NO2S. The number of esters is 1. The predicted octanol–water partition coefficient (Wildman–Crippen LogP) is 2.49. The molecule has 14 heavy (non-hydrogen) atoms. The molecule has 0 aromatic heterocycles. The quantitative estimate of drug-likeness (QED) is 0.282. The monoisotopic (exact) mass is 213 g/mol. The maximum Gasteiger partial charge on any atom is 0.333 e. The van der Waals surface area contributed by atoms with Crippen LogP contribution < -0.4 is 0 Å². The van der Waals surface area contributed by atoms with Gasteiger partial charge in [-0.3, -0.25) is 0 Å². The van der Waals surface area contributed by atoms with Crippen molar-refractivity contribution < 1.29 is 9.53 Å². The van der Waals surface area contributed by atoms with Gasteiger partial charge in [-0.1, -0.05) is 6.58 Å². The third-order valence-electron chi connectivity index (χ3n) is 1.54. The second-order valence-corrected chi connectivity index (χ2v) is 3.80. The van der Waals surface area contributed by atoms with Crippen molar-refractivity contribution in [3.05, 3.63) is 12.2 Å². The molecule has 0 atom stereocenters. The summed E-state index contributed by atoms with van der Waals surface area (Å²) in [6, 6.07) is 0. The van der Waals surface area contributed by atoms with Crippen LogP contribution >= 0.6 is 11.8 Å². The summed E-state index contributed by atoms with van der Waals surface area (Å²) in [6.45, 7) is 5.56. The number of carbonyl (C=O) groups excluding carboxylic acids is 1. The SMILES string of the molecule is C=C(C)C(=O)OCCCCCSC#N. The lowest BCUT2D eigenvalue weighted by Crippen LogP contribution is -2.06. The van der Waals surface area contributed by atoms with Crippen LogP contribution in [-0.4, -0.2) is 18.3 Å². The van der Waals surface area contributed by atoms with E-state index in [9.17, 15) is 4.79 Å². The van der Waals surface area contributed by atoms with Crippen LogP contribution in [-0.2, 0) is 9.53 Å². The van der Waals surface area contributed by atoms with Gasteiger partial charge in [-0.15, -0.1) is 0 Å². The minimum absolute atomic E-state index is 0.323. The fourth-order valence-corrected chi connectivity index (χ4v) is 1.23. The Bertz CT molecular complexity index is 233. The molecule has 0 spiro atoms. The number of hydrogen-bond acceptors (Lipinski definition) is 4. The van der Waals surface area contributed by atoms with E-state index in [1.165, 1.54) is 11.8 Å². The van der Waals surface area contributed by atoms with Crippen LogP contribution in [0.15, 0.2) is 12.2 Å². The summed E-state index contributed by atoms with van der Waals surface area (Å²) in [7, 11) is 0. The lowest BCUT2D eigenvalue weighted by atomic mass is 10.3. The number of hydrogen-bond donors (Lipinski definition) is 0. The zero-order chi connectivity index (χ0) is 10.8. The number of thiocyanates is 1. The predicted molar refractivity (Wildman–Crippen MR) is 57.7 cm³/mol. The Kier molecular flexibility index (Phi) is 8.05. The Hall–Kier alpha value is -0.950. The van der Waals surface area contributed by atoms with Crippen molar-refractivity contribution >= 4 is 17.7 Å². The van der Waals surface area contributed by atoms with Gasteiger partial charge in [-0.2, -0.15) is 5.26 Å². The number of rotatable bonds is 7. The van der Waals surface area contributed by atoms with E-state index in [1.807, 2.05) is 5.40 Å². The first-order chi connectivity index (χ1) is 6.68. The molecule has 0 saturated heterocycles. The molecule has 78 valence electrons. The van der Waals surface area contributed by atoms with E-state index in [-0.39, 0.29) is 5.97 Å². The third kappa shape index (κ3) is 7.69. The standard InChI is InChI=1S/C10H15NO2S/c1-9(2)10(12)13-6-4-3-5-7-14-8-11/h1,3-7H2,2H3. The highest BCUT2D eigenvalue weighted by Crippen LogP contribution is 2.04. The molecule has 0 amide bonds. The van der Waals surface area contributed by atoms with Gasteiger partial charge in [-0.05, 0) is 37.9 Å². The van der Waals surface area contributed by atoms with Crippen molar-refractivity contribution in [2.24, 2.45) is 0 Å². The van der Waals surface area contributed by atoms with E-state index in [0.29, 0.717) is 12.2 Å². The van der Waals surface area contributed by atoms with Crippen LogP contribution in [0, 0.1) is 10.7 Å². The highest BCUT2D eigenvalue weighted by Gasteiger charge is 2.01. The molecule has 0 aromatic rings. The van der Waals surface area contributed by atoms with Crippen LogP contribution in [0.5, 0.6) is 0 Å². The number of thioether (sulfide) groups is 1. The van der Waals surface area contributed by atoms with Crippen LogP contribution in [0.25, 0.3) is 0 Å². The Labute approximate surface area is 89.1 Å². The Morgan fingerprint density at radius 2 is 2.21 bits per heavy atom. The van der Waals surface area contributed by atoms with E-state index >= 15 is 0 Å². The summed E-state index contributed by atoms with van der Waals surface area (Å²) in [5.41, 5.74) is 0.435. The summed E-state index contributed by atoms with van der Waals surface area (Å²) in [5, 5.41) is 10.2. The van der Waals surface area contributed by atoms with Gasteiger partial charge in [0.05, 0.1) is 6.61 Å². The molecule has 0 bridgehead atoms. The molecule has 4 heteroatoms. The molecule has 0 saturated carbocycles. The number of ether oxygens (including phenoxy) is 1. The molecular weight excluding hydrogens is 198 g/mol. The second-order valence-electron chi connectivity index (χ2n) is 2.92. The van der Waals surface area contributed by atoms with Crippen molar-refractivity contribution in [1.29, 1.82) is 5.26 Å². The highest BCUT2D eigenvalue weighted by atomic mass is 32.2. The summed E-state index contributed by atoms with van der Waals surface area (Å²) >= 11 is 1.26. The maximum atomic E-state index is 10.9. The molecule has 0 radical (unpaired) electrons. The van der Waals surface area contributed by atoms with Crippen molar-refractivity contribution in [3.63, 3.8) is 0 Å². The smallest absolute Gasteiger partial charge is 0.333 e. The van der Waals surface area contributed by atoms with Gasteiger partial charge >= 0.3 is 5.97 Å². The summed E-state index contributed by atoms with van der Waals surface area (Å²) < 4.78 is 4.90. The van der Waals surface area contributed by atoms with E-state index < -0.39 is 0 Å². The zero-order valence-electron chi connectivity index (χ0n) is 8.41. The van der Waals surface area contributed by atoms with Gasteiger partial charge in [0.1, 0.15) is 5.40 Å². The fraction of sp³-hybridized carbons (Fsp3) is 0.600. The molecule has 0 N–H and O–H groups in total. The van der Waals surface area contributed by atoms with E-state index in [1.54, 1.807) is 6.92 Å². The second kappa shape index (κ2) is 8.64. The summed E-state index contributed by atoms with van der Waals surface area (Å²) in [4.78, 5) is 10.9. The number of nitrogens with zero attached hydrogens (tertiary/aromatic N) is 1. The molecule has 0 aromatic carbocycles. The van der Waals surface area contributed by atoms with Gasteiger partial charge < -0.3 is 4.74 Å². The first-order valence-electron chi connectivity index (χ1n) is 4.52. The molecule has 3 nitrogen and oxygen atoms in total. The minimum atomic E-state index is -0.323. The summed E-state index contributed by atoms with van der Waals surface area (Å²) in [6.07, 6.45) is 2.83. The van der Waals surface area contributed by atoms with Crippen LogP contribution in [0.1, 0.15) is 26.2 Å². The number of nitriles is 1. The number of unbranched alkanes of at least 4 members (excludes halogenated alkanes) is 2. The molecule has 0 aliphatic rings.